The van der Waals surface area contributed by atoms with Gasteiger partial charge in [0.1, 0.15) is 0 Å². The molecule has 104 valence electrons. The van der Waals surface area contributed by atoms with Crippen LogP contribution in [0.15, 0.2) is 24.3 Å². The lowest BCUT2D eigenvalue weighted by Gasteiger charge is -2.23. The molecule has 19 heavy (non-hydrogen) atoms. The van der Waals surface area contributed by atoms with E-state index in [1.165, 1.54) is 0 Å². The monoisotopic (exact) mass is 264 g/mol. The van der Waals surface area contributed by atoms with Gasteiger partial charge in [0.15, 0.2) is 0 Å². The summed E-state index contributed by atoms with van der Waals surface area (Å²) in [6, 6.07) is 7.47. The Bertz CT molecular complexity index is 441. The third-order valence-corrected chi connectivity index (χ3v) is 2.75. The van der Waals surface area contributed by atoms with E-state index in [9.17, 15) is 9.59 Å². The number of anilines is 1. The second kappa shape index (κ2) is 6.89. The Morgan fingerprint density at radius 3 is 2.26 bits per heavy atom. The van der Waals surface area contributed by atoms with Gasteiger partial charge < -0.3 is 10.4 Å². The molecule has 0 saturated carbocycles. The summed E-state index contributed by atoms with van der Waals surface area (Å²) in [6.07, 6.45) is 0. The Balaban J connectivity index is 2.57. The zero-order chi connectivity index (χ0) is 14.4. The van der Waals surface area contributed by atoms with Crippen molar-refractivity contribution in [1.82, 2.24) is 4.90 Å². The number of benzene rings is 1. The lowest BCUT2D eigenvalue weighted by atomic mass is 10.2. The van der Waals surface area contributed by atoms with Crippen molar-refractivity contribution < 1.29 is 14.7 Å². The van der Waals surface area contributed by atoms with Crippen molar-refractivity contribution in [3.05, 3.63) is 29.8 Å². The first-order chi connectivity index (χ1) is 8.88. The maximum absolute atomic E-state index is 11.8. The zero-order valence-corrected chi connectivity index (χ0v) is 11.5. The minimum atomic E-state index is -0.933. The highest BCUT2D eigenvalue weighted by molar-refractivity contribution is 5.92. The quantitative estimate of drug-likeness (QED) is 0.821. The second-order valence-electron chi connectivity index (χ2n) is 4.81. The molecule has 0 aliphatic carbocycles. The van der Waals surface area contributed by atoms with Gasteiger partial charge in [-0.2, -0.15) is 0 Å². The molecule has 1 amide bonds. The highest BCUT2D eigenvalue weighted by Gasteiger charge is 2.16. The molecule has 0 saturated heterocycles. The molecule has 5 heteroatoms. The average Bonchev–Trinajstić information content (AvgIpc) is 2.30. The number of nitrogens with zero attached hydrogens (tertiary/aromatic N) is 1. The third-order valence-electron chi connectivity index (χ3n) is 2.75. The predicted molar refractivity (Wildman–Crippen MR) is 74.2 cm³/mol. The van der Waals surface area contributed by atoms with E-state index in [2.05, 4.69) is 5.32 Å². The van der Waals surface area contributed by atoms with Gasteiger partial charge in [0.25, 0.3) is 0 Å². The van der Waals surface area contributed by atoms with E-state index in [0.717, 1.165) is 11.3 Å². The Kier molecular flexibility index (Phi) is 5.51. The van der Waals surface area contributed by atoms with Gasteiger partial charge in [-0.05, 0) is 32.9 Å². The maximum atomic E-state index is 11.8. The van der Waals surface area contributed by atoms with Gasteiger partial charge >= 0.3 is 5.97 Å². The van der Waals surface area contributed by atoms with E-state index in [1.807, 2.05) is 45.0 Å². The summed E-state index contributed by atoms with van der Waals surface area (Å²) in [7, 11) is 0. The van der Waals surface area contributed by atoms with Gasteiger partial charge in [-0.1, -0.05) is 17.7 Å². The van der Waals surface area contributed by atoms with Gasteiger partial charge in [-0.25, -0.2) is 0 Å². The van der Waals surface area contributed by atoms with E-state index in [0.29, 0.717) is 0 Å². The van der Waals surface area contributed by atoms with Crippen LogP contribution in [0.3, 0.4) is 0 Å². The van der Waals surface area contributed by atoms with E-state index < -0.39 is 5.97 Å². The standard InChI is InChI=1S/C14H20N2O3/c1-10(2)16(9-14(18)19)8-13(17)15-12-6-4-11(3)5-7-12/h4-7,10H,8-9H2,1-3H3,(H,15,17)(H,18,19). The van der Waals surface area contributed by atoms with Crippen LogP contribution in [-0.2, 0) is 9.59 Å². The molecule has 0 atom stereocenters. The number of aliphatic carboxylic acids is 1. The lowest BCUT2D eigenvalue weighted by Crippen LogP contribution is -2.41. The van der Waals surface area contributed by atoms with E-state index in [1.54, 1.807) is 4.90 Å². The molecule has 1 aromatic carbocycles. The van der Waals surface area contributed by atoms with Crippen LogP contribution in [-0.4, -0.2) is 41.0 Å². The Hall–Kier alpha value is -1.88. The van der Waals surface area contributed by atoms with Crippen LogP contribution < -0.4 is 5.32 Å². The minimum Gasteiger partial charge on any atom is -0.480 e. The number of aryl methyl sites for hydroxylation is 1. The number of carbonyl (C=O) groups is 2. The summed E-state index contributed by atoms with van der Waals surface area (Å²) in [5.41, 5.74) is 1.84. The van der Waals surface area contributed by atoms with Gasteiger partial charge in [0.2, 0.25) is 5.91 Å². The van der Waals surface area contributed by atoms with Crippen LogP contribution in [0.25, 0.3) is 0 Å². The highest BCUT2D eigenvalue weighted by atomic mass is 16.4. The zero-order valence-electron chi connectivity index (χ0n) is 11.5. The molecular weight excluding hydrogens is 244 g/mol. The smallest absolute Gasteiger partial charge is 0.317 e. The molecule has 2 N–H and O–H groups in total. The number of amides is 1. The van der Waals surface area contributed by atoms with E-state index >= 15 is 0 Å². The SMILES string of the molecule is Cc1ccc(NC(=O)CN(CC(=O)O)C(C)C)cc1. The van der Waals surface area contributed by atoms with E-state index in [4.69, 9.17) is 5.11 Å². The predicted octanol–water partition coefficient (Wildman–Crippen LogP) is 1.73. The van der Waals surface area contributed by atoms with Crippen LogP contribution in [0.2, 0.25) is 0 Å². The fraction of sp³-hybridized carbons (Fsp3) is 0.429. The second-order valence-corrected chi connectivity index (χ2v) is 4.81. The number of carbonyl (C=O) groups excluding carboxylic acids is 1. The molecule has 0 aromatic heterocycles. The van der Waals surface area contributed by atoms with Gasteiger partial charge in [-0.15, -0.1) is 0 Å². The Labute approximate surface area is 113 Å². The van der Waals surface area contributed by atoms with Crippen molar-refractivity contribution in [2.75, 3.05) is 18.4 Å². The summed E-state index contributed by atoms with van der Waals surface area (Å²) >= 11 is 0. The van der Waals surface area contributed by atoms with Crippen molar-refractivity contribution in [3.63, 3.8) is 0 Å². The third kappa shape index (κ3) is 5.52. The van der Waals surface area contributed by atoms with Crippen LogP contribution in [0, 0.1) is 6.92 Å². The van der Waals surface area contributed by atoms with Crippen molar-refractivity contribution in [2.24, 2.45) is 0 Å². The molecule has 5 nitrogen and oxygen atoms in total. The number of rotatable bonds is 6. The summed E-state index contributed by atoms with van der Waals surface area (Å²) in [5, 5.41) is 11.5. The van der Waals surface area contributed by atoms with Gasteiger partial charge in [0, 0.05) is 11.7 Å². The van der Waals surface area contributed by atoms with Gasteiger partial charge in [0.05, 0.1) is 13.1 Å². The molecule has 0 heterocycles. The first-order valence-electron chi connectivity index (χ1n) is 6.21. The largest absolute Gasteiger partial charge is 0.480 e. The number of carboxylic acid groups (broad SMARTS) is 1. The molecule has 0 unspecified atom stereocenters. The molecule has 0 aliphatic rings. The Morgan fingerprint density at radius 2 is 1.79 bits per heavy atom. The molecule has 0 fully saturated rings. The summed E-state index contributed by atoms with van der Waals surface area (Å²) in [4.78, 5) is 24.2. The molecule has 0 aliphatic heterocycles. The number of carboxylic acids is 1. The topological polar surface area (TPSA) is 69.6 Å². The van der Waals surface area contributed by atoms with Crippen molar-refractivity contribution in [1.29, 1.82) is 0 Å². The molecule has 1 rings (SSSR count). The number of nitrogens with one attached hydrogen (secondary N) is 1. The first kappa shape index (κ1) is 15.2. The van der Waals surface area contributed by atoms with Crippen LogP contribution in [0.4, 0.5) is 5.69 Å². The summed E-state index contributed by atoms with van der Waals surface area (Å²) in [5.74, 6) is -1.14. The van der Waals surface area contributed by atoms with Crippen LogP contribution in [0.5, 0.6) is 0 Å². The summed E-state index contributed by atoms with van der Waals surface area (Å²) < 4.78 is 0. The normalized spacial score (nSPS) is 10.8. The molecule has 0 radical (unpaired) electrons. The Morgan fingerprint density at radius 1 is 1.21 bits per heavy atom. The number of hydrogen-bond acceptors (Lipinski definition) is 3. The van der Waals surface area contributed by atoms with Gasteiger partial charge in [-0.3, -0.25) is 14.5 Å². The summed E-state index contributed by atoms with van der Waals surface area (Å²) in [6.45, 7) is 5.62. The van der Waals surface area contributed by atoms with Crippen molar-refractivity contribution >= 4 is 17.6 Å². The fourth-order valence-electron chi connectivity index (χ4n) is 1.62. The molecule has 0 bridgehead atoms. The fourth-order valence-corrected chi connectivity index (χ4v) is 1.62. The van der Waals surface area contributed by atoms with Crippen molar-refractivity contribution in [2.45, 2.75) is 26.8 Å². The minimum absolute atomic E-state index is 0.000122. The maximum Gasteiger partial charge on any atom is 0.317 e. The van der Waals surface area contributed by atoms with Crippen molar-refractivity contribution in [3.8, 4) is 0 Å². The highest BCUT2D eigenvalue weighted by Crippen LogP contribution is 2.08. The average molecular weight is 264 g/mol. The first-order valence-corrected chi connectivity index (χ1v) is 6.21. The lowest BCUT2D eigenvalue weighted by molar-refractivity contribution is -0.139. The van der Waals surface area contributed by atoms with E-state index in [-0.39, 0.29) is 25.0 Å². The van der Waals surface area contributed by atoms with Crippen LogP contribution in [0.1, 0.15) is 19.4 Å². The van der Waals surface area contributed by atoms with Crippen LogP contribution >= 0.6 is 0 Å². The molecule has 0 spiro atoms. The molecular formula is C14H20N2O3. The molecule has 1 aromatic rings. The number of hydrogen-bond donors (Lipinski definition) is 2.